The van der Waals surface area contributed by atoms with Crippen molar-refractivity contribution in [3.63, 3.8) is 0 Å². The number of carbonyl (C=O) groups excluding carboxylic acids is 6. The summed E-state index contributed by atoms with van der Waals surface area (Å²) in [6.45, 7) is 22.0. The lowest BCUT2D eigenvalue weighted by Crippen LogP contribution is -2.62. The molecule has 4 N–H and O–H groups in total. The minimum absolute atomic E-state index is 0.0723. The molecule has 3 fully saturated rings. The third kappa shape index (κ3) is 8.15. The van der Waals surface area contributed by atoms with Gasteiger partial charge < -0.3 is 35.8 Å². The Labute approximate surface area is 266 Å². The number of piperidine rings is 1. The topological polar surface area (TPSA) is 166 Å². The summed E-state index contributed by atoms with van der Waals surface area (Å²) < 4.78 is 5.16. The van der Waals surface area contributed by atoms with E-state index in [0.717, 1.165) is 0 Å². The van der Waals surface area contributed by atoms with Crippen molar-refractivity contribution in [3.8, 4) is 0 Å². The summed E-state index contributed by atoms with van der Waals surface area (Å²) in [6, 6.07) is -3.97. The predicted molar refractivity (Wildman–Crippen MR) is 168 cm³/mol. The molecule has 13 nitrogen and oxygen atoms in total. The lowest BCUT2D eigenvalue weighted by molar-refractivity contribution is -0.145. The van der Waals surface area contributed by atoms with Crippen LogP contribution in [0, 0.1) is 28.1 Å². The molecule has 3 aliphatic rings. The van der Waals surface area contributed by atoms with E-state index in [1.165, 1.54) is 17.9 Å². The van der Waals surface area contributed by atoms with Gasteiger partial charge in [-0.15, -0.1) is 6.58 Å². The van der Waals surface area contributed by atoms with Crippen molar-refractivity contribution < 1.29 is 33.5 Å². The average Bonchev–Trinajstić information content (AvgIpc) is 3.25. The third-order valence-corrected chi connectivity index (χ3v) is 9.34. The van der Waals surface area contributed by atoms with E-state index < -0.39 is 70.6 Å². The first-order valence-corrected chi connectivity index (χ1v) is 15.7. The van der Waals surface area contributed by atoms with Crippen LogP contribution in [0.3, 0.4) is 0 Å². The number of carbonyl (C=O) groups is 6. The smallest absolute Gasteiger partial charge is 0.409 e. The SMILES string of the molecule is C=CCNC(=O)C(=O)C(C)NC(=O)[C@@H]1C2C(CN1C(=O)[C@@H](NC(=O)N[C@H](CN1CCCOC1=O)C(C)(C)C)C(C)(C)C)C2(C)C. The first-order valence-electron chi connectivity index (χ1n) is 15.7. The minimum Gasteiger partial charge on any atom is -0.449 e. The lowest BCUT2D eigenvalue weighted by atomic mass is 9.85. The number of hydrogen-bond acceptors (Lipinski definition) is 7. The van der Waals surface area contributed by atoms with Crippen molar-refractivity contribution in [1.82, 2.24) is 31.1 Å². The van der Waals surface area contributed by atoms with Gasteiger partial charge in [0.05, 0.1) is 18.7 Å². The maximum atomic E-state index is 14.2. The van der Waals surface area contributed by atoms with Crippen LogP contribution in [-0.2, 0) is 23.9 Å². The summed E-state index contributed by atoms with van der Waals surface area (Å²) in [4.78, 5) is 81.4. The molecule has 0 radical (unpaired) electrons. The Morgan fingerprint density at radius 3 is 2.24 bits per heavy atom. The number of urea groups is 1. The monoisotopic (exact) mass is 632 g/mol. The van der Waals surface area contributed by atoms with Gasteiger partial charge in [0.25, 0.3) is 5.91 Å². The molecule has 0 bridgehead atoms. The highest BCUT2D eigenvalue weighted by molar-refractivity contribution is 6.38. The summed E-state index contributed by atoms with van der Waals surface area (Å²) >= 11 is 0. The van der Waals surface area contributed by atoms with Crippen LogP contribution in [0.2, 0.25) is 0 Å². The molecule has 252 valence electrons. The number of cyclic esters (lactones) is 1. The highest BCUT2D eigenvalue weighted by Crippen LogP contribution is 2.65. The van der Waals surface area contributed by atoms with E-state index in [1.807, 2.05) is 55.4 Å². The third-order valence-electron chi connectivity index (χ3n) is 9.34. The van der Waals surface area contributed by atoms with Gasteiger partial charge in [0.1, 0.15) is 12.1 Å². The van der Waals surface area contributed by atoms with Crippen LogP contribution in [0.1, 0.15) is 68.7 Å². The average molecular weight is 633 g/mol. The van der Waals surface area contributed by atoms with Crippen molar-refractivity contribution in [1.29, 1.82) is 0 Å². The Morgan fingerprint density at radius 2 is 1.69 bits per heavy atom. The van der Waals surface area contributed by atoms with Gasteiger partial charge in [-0.3, -0.25) is 19.2 Å². The van der Waals surface area contributed by atoms with Crippen molar-refractivity contribution in [2.45, 2.75) is 92.9 Å². The number of nitrogens with zero attached hydrogens (tertiary/aromatic N) is 2. The van der Waals surface area contributed by atoms with E-state index in [-0.39, 0.29) is 30.3 Å². The van der Waals surface area contributed by atoms with Crippen molar-refractivity contribution in [3.05, 3.63) is 12.7 Å². The number of rotatable bonds is 11. The second-order valence-corrected chi connectivity index (χ2v) is 15.2. The Balaban J connectivity index is 1.77. The molecular weight excluding hydrogens is 580 g/mol. The Hall–Kier alpha value is -3.64. The summed E-state index contributed by atoms with van der Waals surface area (Å²) in [5.41, 5.74) is -1.33. The maximum absolute atomic E-state index is 14.2. The molecule has 2 heterocycles. The van der Waals surface area contributed by atoms with E-state index in [1.54, 1.807) is 4.90 Å². The second-order valence-electron chi connectivity index (χ2n) is 15.2. The molecule has 0 aromatic carbocycles. The molecule has 1 aliphatic carbocycles. The molecule has 6 amide bonds. The first-order chi connectivity index (χ1) is 20.7. The molecule has 1 saturated carbocycles. The fraction of sp³-hybridized carbons (Fsp3) is 0.750. The van der Waals surface area contributed by atoms with Crippen LogP contribution in [0.4, 0.5) is 9.59 Å². The van der Waals surface area contributed by atoms with Gasteiger partial charge in [-0.25, -0.2) is 9.59 Å². The molecule has 0 aromatic heterocycles. The zero-order valence-corrected chi connectivity index (χ0v) is 28.2. The zero-order chi connectivity index (χ0) is 34.1. The molecule has 0 aromatic rings. The fourth-order valence-corrected chi connectivity index (χ4v) is 6.29. The van der Waals surface area contributed by atoms with Crippen molar-refractivity contribution in [2.24, 2.45) is 28.1 Å². The van der Waals surface area contributed by atoms with Crippen LogP contribution >= 0.6 is 0 Å². The zero-order valence-electron chi connectivity index (χ0n) is 28.2. The summed E-state index contributed by atoms with van der Waals surface area (Å²) in [6.07, 6.45) is 1.72. The Bertz CT molecular complexity index is 1200. The number of amides is 6. The Kier molecular flexibility index (Phi) is 10.7. The molecule has 3 unspecified atom stereocenters. The number of fused-ring (bicyclic) bond motifs is 1. The summed E-state index contributed by atoms with van der Waals surface area (Å²) in [5.74, 6) is -2.62. The summed E-state index contributed by atoms with van der Waals surface area (Å²) in [5, 5.41) is 10.9. The minimum atomic E-state index is -1.10. The maximum Gasteiger partial charge on any atom is 0.409 e. The van der Waals surface area contributed by atoms with E-state index in [0.29, 0.717) is 26.1 Å². The first kappa shape index (κ1) is 35.8. The van der Waals surface area contributed by atoms with Gasteiger partial charge in [-0.2, -0.15) is 0 Å². The molecule has 2 saturated heterocycles. The van der Waals surface area contributed by atoms with Crippen molar-refractivity contribution in [2.75, 3.05) is 32.8 Å². The van der Waals surface area contributed by atoms with Crippen LogP contribution in [0.25, 0.3) is 0 Å². The predicted octanol–water partition coefficient (Wildman–Crippen LogP) is 1.82. The number of ether oxygens (including phenoxy) is 1. The van der Waals surface area contributed by atoms with Crippen LogP contribution in [0.5, 0.6) is 0 Å². The van der Waals surface area contributed by atoms with E-state index in [4.69, 9.17) is 4.74 Å². The summed E-state index contributed by atoms with van der Waals surface area (Å²) in [7, 11) is 0. The normalized spacial score (nSPS) is 24.3. The van der Waals surface area contributed by atoms with Gasteiger partial charge in [0.15, 0.2) is 0 Å². The number of ketones is 1. The Morgan fingerprint density at radius 1 is 1.04 bits per heavy atom. The number of Topliss-reactive ketones (excluding diaryl/α,β-unsaturated/α-hetero) is 1. The van der Waals surface area contributed by atoms with Crippen LogP contribution in [-0.4, -0.2) is 102 Å². The largest absolute Gasteiger partial charge is 0.449 e. The van der Waals surface area contributed by atoms with Gasteiger partial charge in [0.2, 0.25) is 17.6 Å². The quantitative estimate of drug-likeness (QED) is 0.199. The van der Waals surface area contributed by atoms with Gasteiger partial charge in [-0.05, 0) is 41.4 Å². The molecular formula is C32H52N6O7. The molecule has 45 heavy (non-hydrogen) atoms. The highest BCUT2D eigenvalue weighted by Gasteiger charge is 2.69. The molecule has 0 spiro atoms. The molecule has 6 atom stereocenters. The van der Waals surface area contributed by atoms with Gasteiger partial charge >= 0.3 is 12.1 Å². The molecule has 2 aliphatic heterocycles. The van der Waals surface area contributed by atoms with Crippen LogP contribution in [0.15, 0.2) is 12.7 Å². The number of hydrogen-bond donors (Lipinski definition) is 4. The standard InChI is InChI=1S/C32H52N6O7/c1-11-13-33-26(41)23(39)18(2)34-25(40)22-21-19(32(21,9)10)16-38(22)27(42)24(31(6,7)8)36-28(43)35-20(30(3,4)5)17-37-14-12-15-45-29(37)44/h11,18-22,24H,1,12-17H2,2-10H3,(H,33,41)(H,34,40)(H2,35,36,43)/t18?,19?,20-,21?,22+,24-/m1/s1. The fourth-order valence-electron chi connectivity index (χ4n) is 6.29. The van der Waals surface area contributed by atoms with E-state index in [9.17, 15) is 28.8 Å². The van der Waals surface area contributed by atoms with Crippen LogP contribution < -0.4 is 21.3 Å². The highest BCUT2D eigenvalue weighted by atomic mass is 16.6. The number of nitrogens with one attached hydrogen (secondary N) is 4. The van der Waals surface area contributed by atoms with Gasteiger partial charge in [0, 0.05) is 26.2 Å². The second kappa shape index (κ2) is 13.4. The number of likely N-dealkylation sites (tertiary alicyclic amines) is 1. The lowest BCUT2D eigenvalue weighted by Gasteiger charge is -2.39. The van der Waals surface area contributed by atoms with E-state index in [2.05, 4.69) is 27.8 Å². The van der Waals surface area contributed by atoms with E-state index >= 15 is 0 Å². The van der Waals surface area contributed by atoms with Crippen molar-refractivity contribution >= 4 is 35.6 Å². The molecule has 13 heteroatoms. The molecule has 3 rings (SSSR count). The van der Waals surface area contributed by atoms with Gasteiger partial charge in [-0.1, -0.05) is 61.5 Å².